The Bertz CT molecular complexity index is 1150. The normalized spacial score (nSPS) is 11.2. The van der Waals surface area contributed by atoms with E-state index < -0.39 is 0 Å². The summed E-state index contributed by atoms with van der Waals surface area (Å²) in [7, 11) is 0. The Balaban J connectivity index is 1.35. The molecule has 0 aliphatic rings. The van der Waals surface area contributed by atoms with Gasteiger partial charge in [-0.2, -0.15) is 0 Å². The molecule has 0 atom stereocenters. The van der Waals surface area contributed by atoms with E-state index in [2.05, 4.69) is 79.7 Å². The molecule has 0 spiro atoms. The predicted molar refractivity (Wildman–Crippen MR) is 174 cm³/mol. The molecule has 0 heterocycles. The van der Waals surface area contributed by atoms with Gasteiger partial charge in [-0.3, -0.25) is 0 Å². The van der Waals surface area contributed by atoms with Crippen LogP contribution < -0.4 is 11.5 Å². The van der Waals surface area contributed by atoms with E-state index in [1.807, 2.05) is 24.3 Å². The van der Waals surface area contributed by atoms with Crippen LogP contribution in [0.5, 0.6) is 0 Å². The highest BCUT2D eigenvalue weighted by molar-refractivity contribution is 5.42. The average molecular weight is 533 g/mol. The van der Waals surface area contributed by atoms with Crippen LogP contribution in [0.4, 0.5) is 11.4 Å². The molecule has 4 rings (SSSR count). The van der Waals surface area contributed by atoms with Gasteiger partial charge in [0.1, 0.15) is 0 Å². The van der Waals surface area contributed by atoms with Gasteiger partial charge in [0.05, 0.1) is 0 Å². The zero-order valence-corrected chi connectivity index (χ0v) is 24.5. The SMILES string of the molecule is CCCCCCCCCC(Cc1ccc(Cc2ccc(N)cc2)cc1)Cc1ccc(Cc2ccc(N)cc2)cc1. The van der Waals surface area contributed by atoms with E-state index in [0.717, 1.165) is 37.1 Å². The molecule has 0 bridgehead atoms. The maximum Gasteiger partial charge on any atom is 0.0314 e. The third-order valence-electron chi connectivity index (χ3n) is 8.09. The number of unbranched alkanes of at least 4 members (excludes halogenated alkanes) is 6. The summed E-state index contributed by atoms with van der Waals surface area (Å²) in [5.41, 5.74) is 21.6. The third kappa shape index (κ3) is 10.2. The van der Waals surface area contributed by atoms with Crippen LogP contribution in [0, 0.1) is 5.92 Å². The van der Waals surface area contributed by atoms with Gasteiger partial charge in [0.25, 0.3) is 0 Å². The van der Waals surface area contributed by atoms with Crippen LogP contribution in [-0.4, -0.2) is 0 Å². The number of nitrogen functional groups attached to an aromatic ring is 2. The third-order valence-corrected chi connectivity index (χ3v) is 8.09. The molecular formula is C38H48N2. The molecule has 0 aromatic heterocycles. The fourth-order valence-electron chi connectivity index (χ4n) is 5.66. The van der Waals surface area contributed by atoms with Crippen molar-refractivity contribution in [2.24, 2.45) is 5.92 Å². The van der Waals surface area contributed by atoms with E-state index in [9.17, 15) is 0 Å². The second-order valence-electron chi connectivity index (χ2n) is 11.7. The summed E-state index contributed by atoms with van der Waals surface area (Å²) in [5.74, 6) is 0.668. The topological polar surface area (TPSA) is 52.0 Å². The lowest BCUT2D eigenvalue weighted by molar-refractivity contribution is 0.445. The first-order chi connectivity index (χ1) is 19.6. The molecule has 2 nitrogen and oxygen atoms in total. The Hall–Kier alpha value is -3.52. The molecule has 40 heavy (non-hydrogen) atoms. The van der Waals surface area contributed by atoms with Crippen LogP contribution in [-0.2, 0) is 25.7 Å². The summed E-state index contributed by atoms with van der Waals surface area (Å²) in [6, 6.07) is 35.1. The first-order valence-electron chi connectivity index (χ1n) is 15.4. The van der Waals surface area contributed by atoms with E-state index in [4.69, 9.17) is 11.5 Å². The molecule has 210 valence electrons. The lowest BCUT2D eigenvalue weighted by Gasteiger charge is -2.18. The van der Waals surface area contributed by atoms with Crippen molar-refractivity contribution >= 4 is 11.4 Å². The lowest BCUT2D eigenvalue weighted by atomic mass is 9.87. The number of rotatable bonds is 16. The van der Waals surface area contributed by atoms with Crippen molar-refractivity contribution in [1.82, 2.24) is 0 Å². The Morgan fingerprint density at radius 3 is 1.15 bits per heavy atom. The van der Waals surface area contributed by atoms with Gasteiger partial charge in [-0.25, -0.2) is 0 Å². The van der Waals surface area contributed by atoms with Gasteiger partial charge in [-0.1, -0.05) is 125 Å². The smallest absolute Gasteiger partial charge is 0.0314 e. The minimum Gasteiger partial charge on any atom is -0.399 e. The molecule has 0 aliphatic carbocycles. The second kappa shape index (κ2) is 15.9. The molecule has 0 radical (unpaired) electrons. The van der Waals surface area contributed by atoms with Gasteiger partial charge in [0, 0.05) is 11.4 Å². The van der Waals surface area contributed by atoms with Crippen molar-refractivity contribution in [3.63, 3.8) is 0 Å². The fourth-order valence-corrected chi connectivity index (χ4v) is 5.66. The van der Waals surface area contributed by atoms with E-state index in [1.54, 1.807) is 0 Å². The van der Waals surface area contributed by atoms with Crippen molar-refractivity contribution in [3.05, 3.63) is 130 Å². The summed E-state index contributed by atoms with van der Waals surface area (Å²) in [6.45, 7) is 2.29. The van der Waals surface area contributed by atoms with Gasteiger partial charge >= 0.3 is 0 Å². The molecule has 4 aromatic rings. The molecule has 4 aromatic carbocycles. The highest BCUT2D eigenvalue weighted by atomic mass is 14.5. The van der Waals surface area contributed by atoms with Gasteiger partial charge in [-0.05, 0) is 95.7 Å². The van der Waals surface area contributed by atoms with E-state index >= 15 is 0 Å². The molecule has 0 saturated heterocycles. The molecule has 4 N–H and O–H groups in total. The average Bonchev–Trinajstić information content (AvgIpc) is 2.97. The quantitative estimate of drug-likeness (QED) is 0.111. The van der Waals surface area contributed by atoms with Gasteiger partial charge in [0.15, 0.2) is 0 Å². The first kappa shape index (κ1) is 29.5. The molecule has 0 aliphatic heterocycles. The highest BCUT2D eigenvalue weighted by Crippen LogP contribution is 2.23. The standard InChI is InChI=1S/C38H48N2/c1-2-3-4-5-6-7-8-9-36(28-32-14-10-30(11-15-32)26-34-18-22-37(39)23-19-34)29-33-16-12-31(13-17-33)27-35-20-24-38(40)25-21-35/h10-25,36H,2-9,26-29,39-40H2,1H3. The minimum absolute atomic E-state index is 0.668. The summed E-state index contributed by atoms with van der Waals surface area (Å²) < 4.78 is 0. The van der Waals surface area contributed by atoms with Crippen LogP contribution >= 0.6 is 0 Å². The zero-order chi connectivity index (χ0) is 28.0. The van der Waals surface area contributed by atoms with E-state index in [0.29, 0.717) is 5.92 Å². The summed E-state index contributed by atoms with van der Waals surface area (Å²) in [4.78, 5) is 0. The maximum absolute atomic E-state index is 5.85. The molecular weight excluding hydrogens is 484 g/mol. The van der Waals surface area contributed by atoms with E-state index in [1.165, 1.54) is 84.7 Å². The number of benzene rings is 4. The lowest BCUT2D eigenvalue weighted by Crippen LogP contribution is -2.09. The minimum atomic E-state index is 0.668. The summed E-state index contributed by atoms with van der Waals surface area (Å²) in [5, 5.41) is 0. The maximum atomic E-state index is 5.85. The highest BCUT2D eigenvalue weighted by Gasteiger charge is 2.12. The summed E-state index contributed by atoms with van der Waals surface area (Å²) >= 11 is 0. The monoisotopic (exact) mass is 532 g/mol. The number of anilines is 2. The predicted octanol–water partition coefficient (Wildman–Crippen LogP) is 9.57. The molecule has 0 unspecified atom stereocenters. The van der Waals surface area contributed by atoms with Crippen molar-refractivity contribution in [3.8, 4) is 0 Å². The zero-order valence-electron chi connectivity index (χ0n) is 24.5. The van der Waals surface area contributed by atoms with Gasteiger partial charge in [0.2, 0.25) is 0 Å². The summed E-state index contributed by atoms with van der Waals surface area (Å²) in [6.07, 6.45) is 15.1. The van der Waals surface area contributed by atoms with Crippen LogP contribution in [0.25, 0.3) is 0 Å². The van der Waals surface area contributed by atoms with Crippen LogP contribution in [0.2, 0.25) is 0 Å². The van der Waals surface area contributed by atoms with Crippen molar-refractivity contribution in [2.75, 3.05) is 11.5 Å². The Kier molecular flexibility index (Phi) is 11.7. The number of nitrogens with two attached hydrogens (primary N) is 2. The van der Waals surface area contributed by atoms with Crippen LogP contribution in [0.3, 0.4) is 0 Å². The Morgan fingerprint density at radius 2 is 0.750 bits per heavy atom. The van der Waals surface area contributed by atoms with Crippen molar-refractivity contribution in [2.45, 2.75) is 84.0 Å². The van der Waals surface area contributed by atoms with Crippen LogP contribution in [0.15, 0.2) is 97.1 Å². The first-order valence-corrected chi connectivity index (χ1v) is 15.4. The van der Waals surface area contributed by atoms with Crippen LogP contribution in [0.1, 0.15) is 91.7 Å². The van der Waals surface area contributed by atoms with E-state index in [-0.39, 0.29) is 0 Å². The van der Waals surface area contributed by atoms with Crippen molar-refractivity contribution < 1.29 is 0 Å². The Labute approximate surface area is 242 Å². The Morgan fingerprint density at radius 1 is 0.425 bits per heavy atom. The van der Waals surface area contributed by atoms with Gasteiger partial charge in [-0.15, -0.1) is 0 Å². The van der Waals surface area contributed by atoms with Crippen molar-refractivity contribution in [1.29, 1.82) is 0 Å². The fraction of sp³-hybridized carbons (Fsp3) is 0.368. The molecule has 2 heteroatoms. The second-order valence-corrected chi connectivity index (χ2v) is 11.7. The molecule has 0 amide bonds. The molecule has 0 saturated carbocycles. The number of hydrogen-bond acceptors (Lipinski definition) is 2. The molecule has 0 fully saturated rings. The van der Waals surface area contributed by atoms with Gasteiger partial charge < -0.3 is 11.5 Å². The largest absolute Gasteiger partial charge is 0.399 e. The number of hydrogen-bond donors (Lipinski definition) is 2.